The van der Waals surface area contributed by atoms with Crippen molar-refractivity contribution in [3.05, 3.63) is 35.4 Å². The van der Waals surface area contributed by atoms with Gasteiger partial charge in [0.25, 0.3) is 0 Å². The summed E-state index contributed by atoms with van der Waals surface area (Å²) in [7, 11) is 0. The van der Waals surface area contributed by atoms with Crippen LogP contribution in [0.4, 0.5) is 0 Å². The standard InChI is InChI=1S/C18H27NO2/c1-13(2)11-14-3-5-15(6-4-14)12-18(21)19-16-7-9-17(20)10-8-16/h3-6,13,16-17,20H,7-12H2,1-2H3,(H,19,21). The molecule has 1 aliphatic rings. The Morgan fingerprint density at radius 3 is 2.29 bits per heavy atom. The van der Waals surface area contributed by atoms with Crippen LogP contribution in [0.25, 0.3) is 0 Å². The summed E-state index contributed by atoms with van der Waals surface area (Å²) in [5.41, 5.74) is 2.39. The monoisotopic (exact) mass is 289 g/mol. The maximum Gasteiger partial charge on any atom is 0.224 e. The molecule has 0 aliphatic heterocycles. The molecule has 1 aliphatic carbocycles. The van der Waals surface area contributed by atoms with Gasteiger partial charge in [0.05, 0.1) is 12.5 Å². The number of nitrogens with one attached hydrogen (secondary N) is 1. The van der Waals surface area contributed by atoms with E-state index in [2.05, 4.69) is 43.4 Å². The molecule has 3 heteroatoms. The highest BCUT2D eigenvalue weighted by molar-refractivity contribution is 5.78. The molecule has 0 spiro atoms. The topological polar surface area (TPSA) is 49.3 Å². The van der Waals surface area contributed by atoms with E-state index in [9.17, 15) is 9.90 Å². The number of rotatable bonds is 5. The number of amides is 1. The molecule has 2 rings (SSSR count). The lowest BCUT2D eigenvalue weighted by Gasteiger charge is -2.26. The summed E-state index contributed by atoms with van der Waals surface area (Å²) in [4.78, 5) is 12.1. The van der Waals surface area contributed by atoms with Gasteiger partial charge in [-0.3, -0.25) is 4.79 Å². The fourth-order valence-electron chi connectivity index (χ4n) is 2.95. The van der Waals surface area contributed by atoms with Crippen molar-refractivity contribution in [2.75, 3.05) is 0 Å². The van der Waals surface area contributed by atoms with Gasteiger partial charge in [-0.15, -0.1) is 0 Å². The average molecular weight is 289 g/mol. The third-order valence-corrected chi connectivity index (χ3v) is 4.09. The fraction of sp³-hybridized carbons (Fsp3) is 0.611. The number of carbonyl (C=O) groups is 1. The Hall–Kier alpha value is -1.35. The Kier molecular flexibility index (Phi) is 5.80. The molecule has 0 aromatic heterocycles. The summed E-state index contributed by atoms with van der Waals surface area (Å²) in [6.07, 6.45) is 4.73. The smallest absolute Gasteiger partial charge is 0.224 e. The van der Waals surface area contributed by atoms with E-state index in [0.717, 1.165) is 37.7 Å². The molecule has 1 aromatic carbocycles. The van der Waals surface area contributed by atoms with Gasteiger partial charge in [0, 0.05) is 6.04 Å². The Labute approximate surface area is 127 Å². The molecule has 2 N–H and O–H groups in total. The maximum atomic E-state index is 12.1. The van der Waals surface area contributed by atoms with Crippen LogP contribution in [0, 0.1) is 5.92 Å². The SMILES string of the molecule is CC(C)Cc1ccc(CC(=O)NC2CCC(O)CC2)cc1. The third-order valence-electron chi connectivity index (χ3n) is 4.09. The van der Waals surface area contributed by atoms with Gasteiger partial charge in [-0.1, -0.05) is 38.1 Å². The zero-order valence-corrected chi connectivity index (χ0v) is 13.1. The number of aliphatic hydroxyl groups is 1. The predicted octanol–water partition coefficient (Wildman–Crippen LogP) is 2.85. The molecular weight excluding hydrogens is 262 g/mol. The number of benzene rings is 1. The van der Waals surface area contributed by atoms with E-state index in [1.165, 1.54) is 5.56 Å². The van der Waals surface area contributed by atoms with Crippen molar-refractivity contribution < 1.29 is 9.90 Å². The summed E-state index contributed by atoms with van der Waals surface area (Å²) in [5, 5.41) is 12.6. The molecule has 0 heterocycles. The van der Waals surface area contributed by atoms with Crippen molar-refractivity contribution >= 4 is 5.91 Å². The predicted molar refractivity (Wildman–Crippen MR) is 85.1 cm³/mol. The van der Waals surface area contributed by atoms with Gasteiger partial charge >= 0.3 is 0 Å². The van der Waals surface area contributed by atoms with E-state index in [-0.39, 0.29) is 18.1 Å². The molecule has 1 saturated carbocycles. The van der Waals surface area contributed by atoms with E-state index in [1.54, 1.807) is 0 Å². The van der Waals surface area contributed by atoms with Crippen LogP contribution in [0.15, 0.2) is 24.3 Å². The van der Waals surface area contributed by atoms with Crippen molar-refractivity contribution in [1.29, 1.82) is 0 Å². The van der Waals surface area contributed by atoms with Crippen molar-refractivity contribution in [2.45, 2.75) is 64.5 Å². The number of hydrogen-bond acceptors (Lipinski definition) is 2. The van der Waals surface area contributed by atoms with Gasteiger partial charge in [-0.05, 0) is 49.1 Å². The summed E-state index contributed by atoms with van der Waals surface area (Å²) in [6, 6.07) is 8.60. The number of aliphatic hydroxyl groups excluding tert-OH is 1. The van der Waals surface area contributed by atoms with Crippen LogP contribution in [-0.4, -0.2) is 23.2 Å². The zero-order chi connectivity index (χ0) is 15.2. The number of carbonyl (C=O) groups excluding carboxylic acids is 1. The van der Waals surface area contributed by atoms with Crippen LogP contribution in [-0.2, 0) is 17.6 Å². The summed E-state index contributed by atoms with van der Waals surface area (Å²) in [5.74, 6) is 0.744. The van der Waals surface area contributed by atoms with Crippen molar-refractivity contribution in [3.63, 3.8) is 0 Å². The van der Waals surface area contributed by atoms with Gasteiger partial charge in [0.2, 0.25) is 5.91 Å². The van der Waals surface area contributed by atoms with Gasteiger partial charge < -0.3 is 10.4 Å². The first kappa shape index (κ1) is 16.0. The molecule has 0 saturated heterocycles. The van der Waals surface area contributed by atoms with Gasteiger partial charge in [-0.25, -0.2) is 0 Å². The normalized spacial score (nSPS) is 22.3. The first-order valence-corrected chi connectivity index (χ1v) is 8.08. The second-order valence-corrected chi connectivity index (χ2v) is 6.66. The minimum Gasteiger partial charge on any atom is -0.393 e. The largest absolute Gasteiger partial charge is 0.393 e. The lowest BCUT2D eigenvalue weighted by Crippen LogP contribution is -2.39. The van der Waals surface area contributed by atoms with Crippen LogP contribution < -0.4 is 5.32 Å². The summed E-state index contributed by atoms with van der Waals surface area (Å²) < 4.78 is 0. The Balaban J connectivity index is 1.79. The molecule has 1 fully saturated rings. The lowest BCUT2D eigenvalue weighted by atomic mass is 9.93. The molecule has 0 unspecified atom stereocenters. The second kappa shape index (κ2) is 7.60. The Bertz CT molecular complexity index is 445. The van der Waals surface area contributed by atoms with Crippen molar-refractivity contribution in [1.82, 2.24) is 5.32 Å². The minimum atomic E-state index is -0.174. The first-order valence-electron chi connectivity index (χ1n) is 8.08. The molecule has 116 valence electrons. The third kappa shape index (κ3) is 5.50. The van der Waals surface area contributed by atoms with E-state index in [4.69, 9.17) is 0 Å². The quantitative estimate of drug-likeness (QED) is 0.875. The highest BCUT2D eigenvalue weighted by atomic mass is 16.3. The average Bonchev–Trinajstić information content (AvgIpc) is 2.43. The van der Waals surface area contributed by atoms with Crippen LogP contribution in [0.5, 0.6) is 0 Å². The molecular formula is C18H27NO2. The molecule has 1 aromatic rings. The zero-order valence-electron chi connectivity index (χ0n) is 13.1. The number of hydrogen-bond donors (Lipinski definition) is 2. The highest BCUT2D eigenvalue weighted by Crippen LogP contribution is 2.18. The van der Waals surface area contributed by atoms with E-state index >= 15 is 0 Å². The van der Waals surface area contributed by atoms with Gasteiger partial charge in [0.15, 0.2) is 0 Å². The lowest BCUT2D eigenvalue weighted by molar-refractivity contribution is -0.121. The molecule has 21 heavy (non-hydrogen) atoms. The fourth-order valence-corrected chi connectivity index (χ4v) is 2.95. The maximum absolute atomic E-state index is 12.1. The van der Waals surface area contributed by atoms with Crippen molar-refractivity contribution in [2.24, 2.45) is 5.92 Å². The Morgan fingerprint density at radius 2 is 1.71 bits per heavy atom. The van der Waals surface area contributed by atoms with E-state index in [1.807, 2.05) is 0 Å². The first-order chi connectivity index (χ1) is 10.0. The van der Waals surface area contributed by atoms with Crippen molar-refractivity contribution in [3.8, 4) is 0 Å². The summed E-state index contributed by atoms with van der Waals surface area (Å²) >= 11 is 0. The van der Waals surface area contributed by atoms with E-state index < -0.39 is 0 Å². The molecule has 1 amide bonds. The molecule has 0 bridgehead atoms. The molecule has 0 radical (unpaired) electrons. The van der Waals surface area contributed by atoms with Crippen LogP contribution in [0.1, 0.15) is 50.7 Å². The van der Waals surface area contributed by atoms with Crippen LogP contribution in [0.3, 0.4) is 0 Å². The summed E-state index contributed by atoms with van der Waals surface area (Å²) in [6.45, 7) is 4.42. The molecule has 0 atom stereocenters. The van der Waals surface area contributed by atoms with Crippen LogP contribution >= 0.6 is 0 Å². The van der Waals surface area contributed by atoms with Crippen LogP contribution in [0.2, 0.25) is 0 Å². The highest BCUT2D eigenvalue weighted by Gasteiger charge is 2.20. The van der Waals surface area contributed by atoms with Gasteiger partial charge in [-0.2, -0.15) is 0 Å². The Morgan fingerprint density at radius 1 is 1.14 bits per heavy atom. The van der Waals surface area contributed by atoms with E-state index in [0.29, 0.717) is 12.3 Å². The second-order valence-electron chi connectivity index (χ2n) is 6.66. The molecule has 3 nitrogen and oxygen atoms in total. The van der Waals surface area contributed by atoms with Gasteiger partial charge in [0.1, 0.15) is 0 Å². The minimum absolute atomic E-state index is 0.0907.